The van der Waals surface area contributed by atoms with E-state index in [2.05, 4.69) is 39.0 Å². The van der Waals surface area contributed by atoms with E-state index in [4.69, 9.17) is 18.9 Å². The van der Waals surface area contributed by atoms with Crippen LogP contribution in [0, 0.1) is 0 Å². The minimum absolute atomic E-state index is 0.146. The first-order valence-corrected chi connectivity index (χ1v) is 12.5. The predicted octanol–water partition coefficient (Wildman–Crippen LogP) is 7.76. The first-order chi connectivity index (χ1) is 16.7. The van der Waals surface area contributed by atoms with Gasteiger partial charge in [0.05, 0.1) is 0 Å². The van der Waals surface area contributed by atoms with E-state index in [1.165, 1.54) is 36.0 Å². The molecule has 0 N–H and O–H groups in total. The second-order valence-electron chi connectivity index (χ2n) is 8.32. The highest BCUT2D eigenvalue weighted by molar-refractivity contribution is 5.41. The lowest BCUT2D eigenvalue weighted by atomic mass is 10.1. The molecule has 0 radical (unpaired) electrons. The molecule has 0 aliphatic heterocycles. The number of unbranched alkanes of at least 4 members (excludes halogenated alkanes) is 3. The summed E-state index contributed by atoms with van der Waals surface area (Å²) in [5.41, 5.74) is 3.52. The van der Waals surface area contributed by atoms with Crippen molar-refractivity contribution in [3.63, 3.8) is 0 Å². The molecule has 3 rings (SSSR count). The fourth-order valence-electron chi connectivity index (χ4n) is 3.90. The molecule has 4 nitrogen and oxygen atoms in total. The van der Waals surface area contributed by atoms with Gasteiger partial charge in [-0.25, -0.2) is 0 Å². The molecule has 3 aromatic carbocycles. The van der Waals surface area contributed by atoms with Gasteiger partial charge in [-0.2, -0.15) is 0 Å². The van der Waals surface area contributed by atoms with Crippen LogP contribution in [0.2, 0.25) is 0 Å². The molecule has 0 aromatic heterocycles. The summed E-state index contributed by atoms with van der Waals surface area (Å²) in [7, 11) is 0. The van der Waals surface area contributed by atoms with Crippen LogP contribution in [0.3, 0.4) is 0 Å². The maximum Gasteiger partial charge on any atom is 0.230 e. The molecular weight excluding hydrogens is 424 g/mol. The number of para-hydroxylation sites is 2. The lowest BCUT2D eigenvalue weighted by Gasteiger charge is -2.16. The Hall–Kier alpha value is -3.14. The largest absolute Gasteiger partial charge is 0.457 e. The van der Waals surface area contributed by atoms with Crippen LogP contribution in [0.25, 0.3) is 0 Å². The van der Waals surface area contributed by atoms with Gasteiger partial charge < -0.3 is 18.9 Å². The van der Waals surface area contributed by atoms with Crippen molar-refractivity contribution in [2.24, 2.45) is 0 Å². The zero-order valence-corrected chi connectivity index (χ0v) is 20.8. The molecule has 0 heterocycles. The third-order valence-electron chi connectivity index (χ3n) is 5.91. The van der Waals surface area contributed by atoms with Crippen LogP contribution >= 0.6 is 0 Å². The molecule has 3 aromatic rings. The molecule has 0 saturated heterocycles. The van der Waals surface area contributed by atoms with Gasteiger partial charge in [0.2, 0.25) is 13.6 Å². The van der Waals surface area contributed by atoms with Gasteiger partial charge in [-0.05, 0) is 60.6 Å². The van der Waals surface area contributed by atoms with Crippen LogP contribution in [0.15, 0.2) is 66.7 Å². The topological polar surface area (TPSA) is 36.9 Å². The van der Waals surface area contributed by atoms with Crippen LogP contribution in [0.5, 0.6) is 23.0 Å². The summed E-state index contributed by atoms with van der Waals surface area (Å²) in [6, 6.07) is 22.2. The lowest BCUT2D eigenvalue weighted by molar-refractivity contribution is 0.111. The number of hydrogen-bond acceptors (Lipinski definition) is 4. The maximum absolute atomic E-state index is 6.10. The summed E-state index contributed by atoms with van der Waals surface area (Å²) in [5, 5.41) is 0. The molecule has 182 valence electrons. The molecule has 0 fully saturated rings. The second kappa shape index (κ2) is 14.2. The van der Waals surface area contributed by atoms with Crippen LogP contribution in [0.4, 0.5) is 0 Å². The zero-order valence-electron chi connectivity index (χ0n) is 20.8. The van der Waals surface area contributed by atoms with Crippen LogP contribution in [-0.2, 0) is 19.3 Å². The third kappa shape index (κ3) is 7.72. The SMILES string of the molecule is CCCCCCc1ccc(OCOc2ccccc2CC)cc1OCOc1ccccc1CC. The Morgan fingerprint density at radius 2 is 1.12 bits per heavy atom. The predicted molar refractivity (Wildman–Crippen MR) is 138 cm³/mol. The highest BCUT2D eigenvalue weighted by Gasteiger charge is 2.09. The molecule has 0 aliphatic carbocycles. The fourth-order valence-corrected chi connectivity index (χ4v) is 3.90. The Balaban J connectivity index is 1.63. The molecule has 4 heteroatoms. The van der Waals surface area contributed by atoms with Crippen molar-refractivity contribution in [2.45, 2.75) is 65.7 Å². The van der Waals surface area contributed by atoms with E-state index in [9.17, 15) is 0 Å². The smallest absolute Gasteiger partial charge is 0.230 e. The van der Waals surface area contributed by atoms with Gasteiger partial charge in [0.15, 0.2) is 0 Å². The molecular formula is C30H38O4. The summed E-state index contributed by atoms with van der Waals surface area (Å²) in [4.78, 5) is 0. The van der Waals surface area contributed by atoms with E-state index in [-0.39, 0.29) is 13.6 Å². The van der Waals surface area contributed by atoms with E-state index < -0.39 is 0 Å². The Bertz CT molecular complexity index is 999. The monoisotopic (exact) mass is 462 g/mol. The Kier molecular flexibility index (Phi) is 10.6. The highest BCUT2D eigenvalue weighted by atomic mass is 16.7. The van der Waals surface area contributed by atoms with Gasteiger partial charge in [0.25, 0.3) is 0 Å². The van der Waals surface area contributed by atoms with E-state index in [0.29, 0.717) is 0 Å². The maximum atomic E-state index is 6.10. The number of benzene rings is 3. The van der Waals surface area contributed by atoms with Crippen LogP contribution in [0.1, 0.15) is 63.1 Å². The Morgan fingerprint density at radius 1 is 0.529 bits per heavy atom. The van der Waals surface area contributed by atoms with Gasteiger partial charge in [-0.15, -0.1) is 0 Å². The molecule has 0 amide bonds. The molecule has 0 unspecified atom stereocenters. The van der Waals surface area contributed by atoms with Gasteiger partial charge in [0.1, 0.15) is 23.0 Å². The first-order valence-electron chi connectivity index (χ1n) is 12.5. The number of aryl methyl sites for hydroxylation is 3. The van der Waals surface area contributed by atoms with Gasteiger partial charge in [-0.3, -0.25) is 0 Å². The van der Waals surface area contributed by atoms with Crippen LogP contribution in [-0.4, -0.2) is 13.6 Å². The molecule has 34 heavy (non-hydrogen) atoms. The Labute approximate surface area is 204 Å². The first kappa shape index (κ1) is 25.5. The zero-order chi connectivity index (χ0) is 24.0. The van der Waals surface area contributed by atoms with Crippen molar-refractivity contribution >= 4 is 0 Å². The lowest BCUT2D eigenvalue weighted by Crippen LogP contribution is -2.10. The number of ether oxygens (including phenoxy) is 4. The fraction of sp³-hybridized carbons (Fsp3) is 0.400. The average Bonchev–Trinajstić information content (AvgIpc) is 2.88. The summed E-state index contributed by atoms with van der Waals surface area (Å²) < 4.78 is 23.8. The normalized spacial score (nSPS) is 10.7. The van der Waals surface area contributed by atoms with Crippen molar-refractivity contribution < 1.29 is 18.9 Å². The Morgan fingerprint density at radius 3 is 1.74 bits per heavy atom. The molecule has 0 atom stereocenters. The molecule has 0 spiro atoms. The van der Waals surface area contributed by atoms with E-state index >= 15 is 0 Å². The number of rotatable bonds is 15. The minimum atomic E-state index is 0.146. The van der Waals surface area contributed by atoms with Crippen LogP contribution < -0.4 is 18.9 Å². The average molecular weight is 463 g/mol. The van der Waals surface area contributed by atoms with E-state index in [0.717, 1.165) is 48.7 Å². The van der Waals surface area contributed by atoms with Crippen molar-refractivity contribution in [1.82, 2.24) is 0 Å². The van der Waals surface area contributed by atoms with Crippen molar-refractivity contribution in [1.29, 1.82) is 0 Å². The van der Waals surface area contributed by atoms with Crippen molar-refractivity contribution in [2.75, 3.05) is 13.6 Å². The molecule has 0 saturated carbocycles. The van der Waals surface area contributed by atoms with Gasteiger partial charge in [0, 0.05) is 6.07 Å². The number of hydrogen-bond donors (Lipinski definition) is 0. The minimum Gasteiger partial charge on any atom is -0.457 e. The molecule has 0 bridgehead atoms. The standard InChI is InChI=1S/C30H38O4/c1-4-7-8-9-16-26-19-20-27(31-22-32-28-17-12-10-14-24(28)5-2)21-30(26)34-23-33-29-18-13-11-15-25(29)6-3/h10-15,17-21H,4-9,16,22-23H2,1-3H3. The summed E-state index contributed by atoms with van der Waals surface area (Å²) in [6.07, 6.45) is 7.65. The third-order valence-corrected chi connectivity index (χ3v) is 5.91. The summed E-state index contributed by atoms with van der Waals surface area (Å²) >= 11 is 0. The van der Waals surface area contributed by atoms with Gasteiger partial charge >= 0.3 is 0 Å². The van der Waals surface area contributed by atoms with Crippen molar-refractivity contribution in [3.05, 3.63) is 83.4 Å². The highest BCUT2D eigenvalue weighted by Crippen LogP contribution is 2.28. The molecule has 0 aliphatic rings. The quantitative estimate of drug-likeness (QED) is 0.171. The van der Waals surface area contributed by atoms with Gasteiger partial charge in [-0.1, -0.05) is 82.5 Å². The second-order valence-corrected chi connectivity index (χ2v) is 8.32. The van der Waals surface area contributed by atoms with E-state index in [1.54, 1.807) is 0 Å². The summed E-state index contributed by atoms with van der Waals surface area (Å²) in [5.74, 6) is 3.24. The van der Waals surface area contributed by atoms with Crippen molar-refractivity contribution in [3.8, 4) is 23.0 Å². The van der Waals surface area contributed by atoms with E-state index in [1.807, 2.05) is 48.5 Å². The summed E-state index contributed by atoms with van der Waals surface area (Å²) in [6.45, 7) is 6.77.